The Morgan fingerprint density at radius 2 is 2.00 bits per heavy atom. The number of alkyl halides is 2. The number of fused-ring (bicyclic) bond motifs is 2. The molecule has 5 rings (SSSR count). The Labute approximate surface area is 197 Å². The van der Waals surface area contributed by atoms with E-state index in [1.54, 1.807) is 6.20 Å². The van der Waals surface area contributed by atoms with E-state index in [-0.39, 0.29) is 12.2 Å². The SMILES string of the molecule is CCOc1cnc2c(-c3nc4cc(F)c(O[C@H]5CC(F)(F)CC[C@H]5O)cc4s3)cc(C)cc2n1. The summed E-state index contributed by atoms with van der Waals surface area (Å²) in [5.74, 6) is -3.42. The van der Waals surface area contributed by atoms with Gasteiger partial charge in [0.25, 0.3) is 5.92 Å². The number of aliphatic hydroxyl groups excluding tert-OH is 1. The molecule has 34 heavy (non-hydrogen) atoms. The summed E-state index contributed by atoms with van der Waals surface area (Å²) in [6.07, 6.45) is -1.87. The molecule has 1 saturated carbocycles. The second-order valence-electron chi connectivity index (χ2n) is 8.41. The van der Waals surface area contributed by atoms with E-state index >= 15 is 0 Å². The Balaban J connectivity index is 1.52. The zero-order chi connectivity index (χ0) is 24.0. The van der Waals surface area contributed by atoms with Crippen molar-refractivity contribution in [2.45, 2.75) is 51.2 Å². The highest BCUT2D eigenvalue weighted by atomic mass is 32.1. The molecule has 2 aromatic carbocycles. The van der Waals surface area contributed by atoms with Crippen molar-refractivity contribution in [1.29, 1.82) is 0 Å². The molecule has 1 aliphatic carbocycles. The van der Waals surface area contributed by atoms with Gasteiger partial charge in [-0.2, -0.15) is 0 Å². The number of hydrogen-bond donors (Lipinski definition) is 1. The van der Waals surface area contributed by atoms with Crippen LogP contribution in [0, 0.1) is 12.7 Å². The quantitative estimate of drug-likeness (QED) is 0.389. The minimum Gasteiger partial charge on any atom is -0.484 e. The molecule has 1 fully saturated rings. The fourth-order valence-electron chi connectivity index (χ4n) is 4.12. The lowest BCUT2D eigenvalue weighted by molar-refractivity contribution is -0.114. The van der Waals surface area contributed by atoms with Gasteiger partial charge in [0.15, 0.2) is 11.6 Å². The molecule has 0 saturated heterocycles. The first-order valence-corrected chi connectivity index (χ1v) is 11.8. The molecule has 0 aliphatic heterocycles. The molecule has 0 unspecified atom stereocenters. The van der Waals surface area contributed by atoms with Crippen molar-refractivity contribution in [2.75, 3.05) is 6.61 Å². The van der Waals surface area contributed by atoms with Crippen LogP contribution < -0.4 is 9.47 Å². The van der Waals surface area contributed by atoms with Crippen molar-refractivity contribution < 1.29 is 27.8 Å². The van der Waals surface area contributed by atoms with Crippen LogP contribution in [0.3, 0.4) is 0 Å². The maximum absolute atomic E-state index is 14.8. The number of benzene rings is 2. The van der Waals surface area contributed by atoms with Crippen LogP contribution in [0.15, 0.2) is 30.5 Å². The van der Waals surface area contributed by atoms with Crippen LogP contribution in [0.5, 0.6) is 11.6 Å². The van der Waals surface area contributed by atoms with Gasteiger partial charge in [0.05, 0.1) is 46.6 Å². The van der Waals surface area contributed by atoms with Gasteiger partial charge >= 0.3 is 0 Å². The first-order chi connectivity index (χ1) is 16.2. The van der Waals surface area contributed by atoms with Crippen molar-refractivity contribution in [2.24, 2.45) is 0 Å². The van der Waals surface area contributed by atoms with Crippen molar-refractivity contribution in [1.82, 2.24) is 15.0 Å². The minimum atomic E-state index is -2.95. The largest absolute Gasteiger partial charge is 0.484 e. The van der Waals surface area contributed by atoms with Crippen LogP contribution in [0.2, 0.25) is 0 Å². The van der Waals surface area contributed by atoms with Gasteiger partial charge in [-0.15, -0.1) is 11.3 Å². The monoisotopic (exact) mass is 489 g/mol. The summed E-state index contributed by atoms with van der Waals surface area (Å²) in [7, 11) is 0. The molecule has 0 bridgehead atoms. The van der Waals surface area contributed by atoms with E-state index < -0.39 is 36.8 Å². The molecule has 10 heteroatoms. The van der Waals surface area contributed by atoms with Crippen LogP contribution in [0.1, 0.15) is 31.7 Å². The van der Waals surface area contributed by atoms with Crippen LogP contribution in [0.25, 0.3) is 31.8 Å². The summed E-state index contributed by atoms with van der Waals surface area (Å²) in [6.45, 7) is 4.27. The van der Waals surface area contributed by atoms with Gasteiger partial charge < -0.3 is 14.6 Å². The van der Waals surface area contributed by atoms with Crippen molar-refractivity contribution >= 4 is 32.6 Å². The zero-order valence-electron chi connectivity index (χ0n) is 18.5. The molecule has 4 aromatic rings. The zero-order valence-corrected chi connectivity index (χ0v) is 19.3. The normalized spacial score (nSPS) is 20.1. The van der Waals surface area contributed by atoms with Crippen LogP contribution >= 0.6 is 11.3 Å². The summed E-state index contributed by atoms with van der Waals surface area (Å²) >= 11 is 1.31. The molecule has 0 amide bonds. The highest BCUT2D eigenvalue weighted by Crippen LogP contribution is 2.39. The number of aryl methyl sites for hydroxylation is 1. The summed E-state index contributed by atoms with van der Waals surface area (Å²) in [5, 5.41) is 10.7. The lowest BCUT2D eigenvalue weighted by atomic mass is 9.91. The van der Waals surface area contributed by atoms with E-state index in [1.165, 1.54) is 23.5 Å². The molecule has 0 radical (unpaired) electrons. The summed E-state index contributed by atoms with van der Waals surface area (Å²) < 4.78 is 53.9. The van der Waals surface area contributed by atoms with E-state index in [4.69, 9.17) is 9.47 Å². The highest BCUT2D eigenvalue weighted by Gasteiger charge is 2.42. The predicted octanol–water partition coefficient (Wildman–Crippen LogP) is 5.68. The summed E-state index contributed by atoms with van der Waals surface area (Å²) in [4.78, 5) is 13.6. The van der Waals surface area contributed by atoms with Gasteiger partial charge in [0.2, 0.25) is 5.88 Å². The molecule has 1 N–H and O–H groups in total. The first kappa shape index (κ1) is 22.8. The molecule has 2 heterocycles. The molecule has 6 nitrogen and oxygen atoms in total. The molecule has 1 aliphatic rings. The predicted molar refractivity (Wildman–Crippen MR) is 123 cm³/mol. The van der Waals surface area contributed by atoms with Crippen LogP contribution in [0.4, 0.5) is 13.2 Å². The van der Waals surface area contributed by atoms with E-state index in [2.05, 4.69) is 15.0 Å². The van der Waals surface area contributed by atoms with E-state index in [1.807, 2.05) is 26.0 Å². The molecule has 178 valence electrons. The number of halogens is 3. The van der Waals surface area contributed by atoms with Gasteiger partial charge in [-0.1, -0.05) is 0 Å². The Morgan fingerprint density at radius 3 is 2.79 bits per heavy atom. The molecule has 0 spiro atoms. The Kier molecular flexibility index (Phi) is 5.81. The standard InChI is InChI=1S/C24H22F3N3O3S/c1-3-32-21-11-28-22-13(6-12(2)7-16(22)29-21)23-30-15-8-14(25)18(9-20(15)34-23)33-19-10-24(26,27)5-4-17(19)31/h6-9,11,17,19,31H,3-5,10H2,1-2H3/t17-,19+/m1/s1. The number of hydrogen-bond acceptors (Lipinski definition) is 7. The molecular formula is C24H22F3N3O3S. The first-order valence-electron chi connectivity index (χ1n) is 11.0. The molecular weight excluding hydrogens is 467 g/mol. The average molecular weight is 490 g/mol. The highest BCUT2D eigenvalue weighted by molar-refractivity contribution is 7.21. The molecule has 2 aromatic heterocycles. The summed E-state index contributed by atoms with van der Waals surface area (Å²) in [6, 6.07) is 6.50. The van der Waals surface area contributed by atoms with E-state index in [0.717, 1.165) is 11.1 Å². The fraction of sp³-hybridized carbons (Fsp3) is 0.375. The van der Waals surface area contributed by atoms with Crippen molar-refractivity contribution in [3.63, 3.8) is 0 Å². The average Bonchev–Trinajstić information content (AvgIpc) is 3.18. The Bertz CT molecular complexity index is 1380. The number of ether oxygens (including phenoxy) is 2. The number of nitrogens with zero attached hydrogens (tertiary/aromatic N) is 3. The molecule has 2 atom stereocenters. The van der Waals surface area contributed by atoms with Gasteiger partial charge in [0, 0.05) is 24.1 Å². The second kappa shape index (κ2) is 8.66. The third-order valence-corrected chi connectivity index (χ3v) is 6.80. The maximum Gasteiger partial charge on any atom is 0.251 e. The third-order valence-electron chi connectivity index (χ3n) is 5.75. The number of rotatable bonds is 5. The van der Waals surface area contributed by atoms with E-state index in [9.17, 15) is 18.3 Å². The van der Waals surface area contributed by atoms with Gasteiger partial charge in [-0.25, -0.2) is 28.1 Å². The van der Waals surface area contributed by atoms with E-state index in [0.29, 0.717) is 38.7 Å². The van der Waals surface area contributed by atoms with Crippen molar-refractivity contribution in [3.05, 3.63) is 41.8 Å². The van der Waals surface area contributed by atoms with Gasteiger partial charge in [0.1, 0.15) is 11.1 Å². The number of aromatic nitrogens is 3. The summed E-state index contributed by atoms with van der Waals surface area (Å²) in [5.41, 5.74) is 3.40. The van der Waals surface area contributed by atoms with Crippen LogP contribution in [-0.4, -0.2) is 44.8 Å². The van der Waals surface area contributed by atoms with Gasteiger partial charge in [-0.3, -0.25) is 0 Å². The second-order valence-corrected chi connectivity index (χ2v) is 9.44. The smallest absolute Gasteiger partial charge is 0.251 e. The lowest BCUT2D eigenvalue weighted by Crippen LogP contribution is -2.43. The third kappa shape index (κ3) is 4.39. The number of aliphatic hydroxyl groups is 1. The fourth-order valence-corrected chi connectivity index (χ4v) is 5.12. The Hall–Kier alpha value is -2.98. The Morgan fingerprint density at radius 1 is 1.18 bits per heavy atom. The van der Waals surface area contributed by atoms with Crippen molar-refractivity contribution in [3.8, 4) is 22.2 Å². The topological polar surface area (TPSA) is 77.4 Å². The number of thiazole rings is 1. The van der Waals surface area contributed by atoms with Gasteiger partial charge in [-0.05, 0) is 38.0 Å². The maximum atomic E-state index is 14.8. The van der Waals surface area contributed by atoms with Crippen LogP contribution in [-0.2, 0) is 0 Å². The lowest BCUT2D eigenvalue weighted by Gasteiger charge is -2.33. The minimum absolute atomic E-state index is 0.0985.